The summed E-state index contributed by atoms with van der Waals surface area (Å²) in [5.41, 5.74) is 3.33. The molecule has 1 aromatic heterocycles. The molecule has 1 fully saturated rings. The molecule has 0 unspecified atom stereocenters. The fraction of sp³-hybridized carbons (Fsp3) is 0.300. The number of piperidine rings is 1. The molecule has 1 N–H and O–H groups in total. The number of benzene rings is 2. The van der Waals surface area contributed by atoms with Crippen LogP contribution in [0.2, 0.25) is 0 Å². The fourth-order valence-corrected chi connectivity index (χ4v) is 5.61. The molecule has 0 aliphatic carbocycles. The van der Waals surface area contributed by atoms with Crippen molar-refractivity contribution < 1.29 is 17.9 Å². The predicted molar refractivity (Wildman–Crippen MR) is 113 cm³/mol. The van der Waals surface area contributed by atoms with Gasteiger partial charge in [0.1, 0.15) is 5.75 Å². The maximum absolute atomic E-state index is 12.9. The van der Waals surface area contributed by atoms with Crippen LogP contribution in [-0.2, 0) is 14.8 Å². The van der Waals surface area contributed by atoms with Gasteiger partial charge in [-0.15, -0.1) is 11.3 Å². The zero-order valence-electron chi connectivity index (χ0n) is 15.9. The quantitative estimate of drug-likeness (QED) is 0.669. The predicted octanol–water partition coefficient (Wildman–Crippen LogP) is 3.34. The second-order valence-electron chi connectivity index (χ2n) is 6.88. The Hall–Kier alpha value is -2.49. The molecule has 152 valence electrons. The van der Waals surface area contributed by atoms with Gasteiger partial charge in [0.05, 0.1) is 27.7 Å². The number of hydrogen-bond donors (Lipinski definition) is 1. The first-order valence-electron chi connectivity index (χ1n) is 9.26. The van der Waals surface area contributed by atoms with Gasteiger partial charge in [-0.05, 0) is 43.2 Å². The number of fused-ring (bicyclic) bond motifs is 1. The van der Waals surface area contributed by atoms with Crippen LogP contribution in [-0.4, -0.2) is 43.8 Å². The molecule has 1 aliphatic heterocycles. The monoisotopic (exact) mass is 431 g/mol. The molecular formula is C20H21N3O4S2. The van der Waals surface area contributed by atoms with E-state index in [-0.39, 0.29) is 16.7 Å². The molecule has 3 aromatic rings. The lowest BCUT2D eigenvalue weighted by Gasteiger charge is -2.30. The van der Waals surface area contributed by atoms with Crippen molar-refractivity contribution in [2.24, 2.45) is 5.92 Å². The number of carbonyl (C=O) groups is 1. The largest absolute Gasteiger partial charge is 0.497 e. The van der Waals surface area contributed by atoms with Gasteiger partial charge in [-0.1, -0.05) is 6.07 Å². The van der Waals surface area contributed by atoms with E-state index in [1.165, 1.54) is 17.5 Å². The second-order valence-corrected chi connectivity index (χ2v) is 9.71. The Labute approximate surface area is 173 Å². The van der Waals surface area contributed by atoms with Gasteiger partial charge in [0, 0.05) is 30.8 Å². The summed E-state index contributed by atoms with van der Waals surface area (Å²) in [4.78, 5) is 17.1. The van der Waals surface area contributed by atoms with Crippen LogP contribution in [0.25, 0.3) is 10.2 Å². The second kappa shape index (κ2) is 8.10. The smallest absolute Gasteiger partial charge is 0.243 e. The van der Waals surface area contributed by atoms with Crippen molar-refractivity contribution in [3.8, 4) is 5.75 Å². The van der Waals surface area contributed by atoms with Gasteiger partial charge < -0.3 is 10.1 Å². The maximum atomic E-state index is 12.9. The number of nitrogens with one attached hydrogen (secondary N) is 1. The molecule has 0 atom stereocenters. The van der Waals surface area contributed by atoms with E-state index in [4.69, 9.17) is 4.74 Å². The third-order valence-corrected chi connectivity index (χ3v) is 7.81. The number of ether oxygens (including phenoxy) is 1. The van der Waals surface area contributed by atoms with Gasteiger partial charge in [0.25, 0.3) is 0 Å². The first-order valence-corrected chi connectivity index (χ1v) is 11.6. The summed E-state index contributed by atoms with van der Waals surface area (Å²) in [6.07, 6.45) is 0.960. The van der Waals surface area contributed by atoms with Crippen molar-refractivity contribution in [1.82, 2.24) is 9.29 Å². The number of anilines is 1. The van der Waals surface area contributed by atoms with Crippen LogP contribution in [0.1, 0.15) is 12.8 Å². The van der Waals surface area contributed by atoms with Gasteiger partial charge in [-0.3, -0.25) is 4.79 Å². The summed E-state index contributed by atoms with van der Waals surface area (Å²) in [6, 6.07) is 12.1. The Morgan fingerprint density at radius 2 is 2.00 bits per heavy atom. The lowest BCUT2D eigenvalue weighted by atomic mass is 9.97. The number of thiazole rings is 1. The molecule has 0 bridgehead atoms. The van der Waals surface area contributed by atoms with Crippen molar-refractivity contribution in [3.63, 3.8) is 0 Å². The Balaban J connectivity index is 1.39. The molecule has 0 saturated carbocycles. The van der Waals surface area contributed by atoms with E-state index in [9.17, 15) is 13.2 Å². The van der Waals surface area contributed by atoms with Gasteiger partial charge in [-0.25, -0.2) is 13.4 Å². The van der Waals surface area contributed by atoms with E-state index in [1.807, 2.05) is 18.2 Å². The van der Waals surface area contributed by atoms with Crippen LogP contribution in [0, 0.1) is 5.92 Å². The number of carbonyl (C=O) groups excluding carboxylic acids is 1. The summed E-state index contributed by atoms with van der Waals surface area (Å²) in [7, 11) is -2.10. The van der Waals surface area contributed by atoms with Crippen LogP contribution in [0.15, 0.2) is 52.9 Å². The summed E-state index contributed by atoms with van der Waals surface area (Å²) in [6.45, 7) is 0.617. The number of sulfonamides is 1. The molecular weight excluding hydrogens is 410 g/mol. The molecule has 7 nitrogen and oxygen atoms in total. The van der Waals surface area contributed by atoms with E-state index < -0.39 is 10.0 Å². The van der Waals surface area contributed by atoms with Gasteiger partial charge in [-0.2, -0.15) is 4.31 Å². The van der Waals surface area contributed by atoms with Crippen LogP contribution in [0.4, 0.5) is 5.69 Å². The molecule has 29 heavy (non-hydrogen) atoms. The zero-order chi connectivity index (χ0) is 20.4. The molecule has 1 saturated heterocycles. The van der Waals surface area contributed by atoms with E-state index in [2.05, 4.69) is 10.3 Å². The fourth-order valence-electron chi connectivity index (χ4n) is 3.45. The number of nitrogens with zero attached hydrogens (tertiary/aromatic N) is 2. The van der Waals surface area contributed by atoms with Crippen molar-refractivity contribution >= 4 is 43.2 Å². The highest BCUT2D eigenvalue weighted by Crippen LogP contribution is 2.27. The van der Waals surface area contributed by atoms with Crippen LogP contribution in [0.5, 0.6) is 5.75 Å². The summed E-state index contributed by atoms with van der Waals surface area (Å²) >= 11 is 1.55. The molecule has 0 spiro atoms. The van der Waals surface area contributed by atoms with E-state index in [0.29, 0.717) is 37.4 Å². The highest BCUT2D eigenvalue weighted by Gasteiger charge is 2.32. The highest BCUT2D eigenvalue weighted by molar-refractivity contribution is 7.89. The lowest BCUT2D eigenvalue weighted by molar-refractivity contribution is -0.120. The minimum Gasteiger partial charge on any atom is -0.497 e. The van der Waals surface area contributed by atoms with Crippen molar-refractivity contribution in [3.05, 3.63) is 48.0 Å². The van der Waals surface area contributed by atoms with Gasteiger partial charge in [0.15, 0.2) is 0 Å². The minimum absolute atomic E-state index is 0.0852. The lowest BCUT2D eigenvalue weighted by Crippen LogP contribution is -2.41. The molecule has 1 amide bonds. The number of methoxy groups -OCH3 is 1. The first-order chi connectivity index (χ1) is 14.0. The first kappa shape index (κ1) is 19.8. The van der Waals surface area contributed by atoms with Crippen LogP contribution in [0.3, 0.4) is 0 Å². The normalized spacial score (nSPS) is 16.0. The Kier molecular flexibility index (Phi) is 5.53. The summed E-state index contributed by atoms with van der Waals surface area (Å²) in [5.74, 6) is 0.188. The SMILES string of the molecule is COc1cccc(S(=O)(=O)N2CCC(C(=O)Nc3ccc4scnc4c3)CC2)c1. The molecule has 2 aromatic carbocycles. The van der Waals surface area contributed by atoms with Gasteiger partial charge in [0.2, 0.25) is 15.9 Å². The summed E-state index contributed by atoms with van der Waals surface area (Å²) in [5, 5.41) is 2.94. The average Bonchev–Trinajstić information content (AvgIpc) is 3.21. The summed E-state index contributed by atoms with van der Waals surface area (Å²) < 4.78 is 33.4. The number of amides is 1. The molecule has 9 heteroatoms. The molecule has 4 rings (SSSR count). The average molecular weight is 432 g/mol. The topological polar surface area (TPSA) is 88.6 Å². The maximum Gasteiger partial charge on any atom is 0.243 e. The van der Waals surface area contributed by atoms with Crippen LogP contribution < -0.4 is 10.1 Å². The molecule has 0 radical (unpaired) electrons. The van der Waals surface area contributed by atoms with Crippen molar-refractivity contribution in [2.75, 3.05) is 25.5 Å². The zero-order valence-corrected chi connectivity index (χ0v) is 17.5. The molecule has 2 heterocycles. The Morgan fingerprint density at radius 1 is 1.21 bits per heavy atom. The highest BCUT2D eigenvalue weighted by atomic mass is 32.2. The van der Waals surface area contributed by atoms with E-state index in [0.717, 1.165) is 10.2 Å². The third-order valence-electron chi connectivity index (χ3n) is 5.10. The van der Waals surface area contributed by atoms with Gasteiger partial charge >= 0.3 is 0 Å². The minimum atomic E-state index is -3.61. The number of aromatic nitrogens is 1. The molecule has 1 aliphatic rings. The standard InChI is InChI=1S/C20H21N3O4S2/c1-27-16-3-2-4-17(12-16)29(25,26)23-9-7-14(8-10-23)20(24)22-15-5-6-19-18(11-15)21-13-28-19/h2-6,11-14H,7-10H2,1H3,(H,22,24). The van der Waals surface area contributed by atoms with Crippen molar-refractivity contribution in [1.29, 1.82) is 0 Å². The van der Waals surface area contributed by atoms with E-state index >= 15 is 0 Å². The number of hydrogen-bond acceptors (Lipinski definition) is 6. The third kappa shape index (κ3) is 4.12. The number of rotatable bonds is 5. The Bertz CT molecular complexity index is 1140. The van der Waals surface area contributed by atoms with Crippen molar-refractivity contribution in [2.45, 2.75) is 17.7 Å². The Morgan fingerprint density at radius 3 is 2.76 bits per heavy atom. The van der Waals surface area contributed by atoms with E-state index in [1.54, 1.807) is 35.0 Å². The van der Waals surface area contributed by atoms with Crippen LogP contribution >= 0.6 is 11.3 Å².